The third kappa shape index (κ3) is 6.16. The SMILES string of the molecule is CC(C)n1c(=O)c(-c2ccc(NSCCC(F)(F)F)c(F)c2)cc2cnc(NC3CCC4(CC3)CNC4)nc21. The van der Waals surface area contributed by atoms with Crippen LogP contribution in [0.25, 0.3) is 22.2 Å². The van der Waals surface area contributed by atoms with E-state index >= 15 is 0 Å². The van der Waals surface area contributed by atoms with E-state index in [0.717, 1.165) is 37.9 Å². The molecule has 1 saturated carbocycles. The van der Waals surface area contributed by atoms with Gasteiger partial charge in [-0.15, -0.1) is 0 Å². The zero-order valence-corrected chi connectivity index (χ0v) is 22.7. The number of alkyl halides is 3. The second-order valence-electron chi connectivity index (χ2n) is 10.8. The second-order valence-corrected chi connectivity index (χ2v) is 11.7. The van der Waals surface area contributed by atoms with Gasteiger partial charge in [0.25, 0.3) is 5.56 Å². The average Bonchev–Trinajstić information content (AvgIpc) is 2.86. The van der Waals surface area contributed by atoms with Crippen molar-refractivity contribution in [2.75, 3.05) is 28.9 Å². The Labute approximate surface area is 228 Å². The first-order valence-corrected chi connectivity index (χ1v) is 14.2. The molecule has 2 aromatic heterocycles. The van der Waals surface area contributed by atoms with Gasteiger partial charge in [0.05, 0.1) is 12.1 Å². The van der Waals surface area contributed by atoms with E-state index in [1.54, 1.807) is 22.9 Å². The number of nitrogens with zero attached hydrogens (tertiary/aromatic N) is 3. The van der Waals surface area contributed by atoms with Crippen molar-refractivity contribution in [3.05, 3.63) is 46.6 Å². The molecule has 7 nitrogen and oxygen atoms in total. The highest BCUT2D eigenvalue weighted by Gasteiger charge is 2.40. The van der Waals surface area contributed by atoms with Crippen molar-refractivity contribution in [2.45, 2.75) is 64.2 Å². The molecule has 0 bridgehead atoms. The average molecular weight is 565 g/mol. The molecule has 1 spiro atoms. The maximum atomic E-state index is 14.8. The summed E-state index contributed by atoms with van der Waals surface area (Å²) in [4.78, 5) is 22.8. The fourth-order valence-electron chi connectivity index (χ4n) is 5.33. The maximum absolute atomic E-state index is 14.8. The van der Waals surface area contributed by atoms with Crippen LogP contribution < -0.4 is 20.9 Å². The Morgan fingerprint density at radius 2 is 1.95 bits per heavy atom. The van der Waals surface area contributed by atoms with Gasteiger partial charge in [-0.05, 0) is 68.7 Å². The summed E-state index contributed by atoms with van der Waals surface area (Å²) in [5.41, 5.74) is 1.37. The largest absolute Gasteiger partial charge is 0.389 e. The molecule has 0 atom stereocenters. The smallest absolute Gasteiger partial charge is 0.351 e. The van der Waals surface area contributed by atoms with Gasteiger partial charge in [0.2, 0.25) is 5.95 Å². The summed E-state index contributed by atoms with van der Waals surface area (Å²) < 4.78 is 56.1. The Hall–Kier alpha value is -2.86. The molecule has 2 fully saturated rings. The van der Waals surface area contributed by atoms with Crippen LogP contribution in [0.15, 0.2) is 35.3 Å². The number of rotatable bonds is 8. The van der Waals surface area contributed by atoms with Crippen molar-refractivity contribution >= 4 is 34.6 Å². The predicted molar refractivity (Wildman–Crippen MR) is 148 cm³/mol. The summed E-state index contributed by atoms with van der Waals surface area (Å²) in [6.07, 6.45) is 0.874. The molecule has 210 valence electrons. The van der Waals surface area contributed by atoms with Crippen LogP contribution in [0.3, 0.4) is 0 Å². The van der Waals surface area contributed by atoms with Crippen molar-refractivity contribution in [1.82, 2.24) is 19.9 Å². The van der Waals surface area contributed by atoms with Crippen LogP contribution in [-0.2, 0) is 0 Å². The van der Waals surface area contributed by atoms with E-state index in [4.69, 9.17) is 4.98 Å². The summed E-state index contributed by atoms with van der Waals surface area (Å²) in [6, 6.07) is 5.95. The van der Waals surface area contributed by atoms with Crippen LogP contribution >= 0.6 is 11.9 Å². The monoisotopic (exact) mass is 564 g/mol. The molecule has 39 heavy (non-hydrogen) atoms. The number of hydrogen-bond acceptors (Lipinski definition) is 7. The Kier molecular flexibility index (Phi) is 7.78. The molecule has 3 N–H and O–H groups in total. The first-order chi connectivity index (χ1) is 18.5. The van der Waals surface area contributed by atoms with E-state index in [1.165, 1.54) is 25.0 Å². The van der Waals surface area contributed by atoms with Crippen LogP contribution in [0.5, 0.6) is 0 Å². The zero-order valence-electron chi connectivity index (χ0n) is 21.9. The lowest BCUT2D eigenvalue weighted by atomic mass is 9.68. The first kappa shape index (κ1) is 27.7. The zero-order chi connectivity index (χ0) is 27.8. The van der Waals surface area contributed by atoms with Crippen LogP contribution in [0.2, 0.25) is 0 Å². The van der Waals surface area contributed by atoms with Gasteiger partial charge in [0, 0.05) is 48.1 Å². The fraction of sp³-hybridized carbons (Fsp3) is 0.519. The maximum Gasteiger partial charge on any atom is 0.389 e. The van der Waals surface area contributed by atoms with Crippen molar-refractivity contribution in [2.24, 2.45) is 5.41 Å². The van der Waals surface area contributed by atoms with Gasteiger partial charge in [-0.25, -0.2) is 9.37 Å². The molecule has 12 heteroatoms. The van der Waals surface area contributed by atoms with E-state index < -0.39 is 18.4 Å². The normalized spacial score (nSPS) is 17.5. The van der Waals surface area contributed by atoms with Crippen LogP contribution in [0, 0.1) is 11.2 Å². The second kappa shape index (κ2) is 11.0. The summed E-state index contributed by atoms with van der Waals surface area (Å²) in [5, 5.41) is 7.48. The van der Waals surface area contributed by atoms with Gasteiger partial charge in [0.1, 0.15) is 11.5 Å². The van der Waals surface area contributed by atoms with Crippen LogP contribution in [0.4, 0.5) is 29.2 Å². The molecule has 1 aliphatic heterocycles. The molecule has 2 aliphatic rings. The van der Waals surface area contributed by atoms with E-state index in [9.17, 15) is 22.4 Å². The van der Waals surface area contributed by atoms with Crippen molar-refractivity contribution in [3.63, 3.8) is 0 Å². The molecule has 5 rings (SSSR count). The molecule has 1 saturated heterocycles. The highest BCUT2D eigenvalue weighted by molar-refractivity contribution is 8.00. The van der Waals surface area contributed by atoms with Crippen LogP contribution in [-0.4, -0.2) is 45.6 Å². The van der Waals surface area contributed by atoms with Gasteiger partial charge < -0.3 is 15.4 Å². The number of anilines is 2. The van der Waals surface area contributed by atoms with E-state index in [0.29, 0.717) is 33.5 Å². The third-order valence-electron chi connectivity index (χ3n) is 7.62. The number of hydrogen-bond donors (Lipinski definition) is 3. The van der Waals surface area contributed by atoms with Gasteiger partial charge in [-0.2, -0.15) is 18.2 Å². The fourth-order valence-corrected chi connectivity index (χ4v) is 6.08. The molecular formula is C27H32F4N6OS. The lowest BCUT2D eigenvalue weighted by Gasteiger charge is -2.47. The van der Waals surface area contributed by atoms with Gasteiger partial charge >= 0.3 is 6.18 Å². The summed E-state index contributed by atoms with van der Waals surface area (Å²) >= 11 is 0.777. The molecule has 3 heterocycles. The molecule has 1 aliphatic carbocycles. The highest BCUT2D eigenvalue weighted by Crippen LogP contribution is 2.40. The van der Waals surface area contributed by atoms with Gasteiger partial charge in [0.15, 0.2) is 0 Å². The molecule has 0 radical (unpaired) electrons. The van der Waals surface area contributed by atoms with Crippen molar-refractivity contribution < 1.29 is 17.6 Å². The lowest BCUT2D eigenvalue weighted by Crippen LogP contribution is -2.55. The third-order valence-corrected chi connectivity index (χ3v) is 8.39. The lowest BCUT2D eigenvalue weighted by molar-refractivity contribution is -0.129. The van der Waals surface area contributed by atoms with E-state index in [1.807, 2.05) is 13.8 Å². The number of aromatic nitrogens is 3. The quantitative estimate of drug-likeness (QED) is 0.172. The van der Waals surface area contributed by atoms with Crippen molar-refractivity contribution in [1.29, 1.82) is 0 Å². The van der Waals surface area contributed by atoms with E-state index in [2.05, 4.69) is 20.3 Å². The Balaban J connectivity index is 1.37. The minimum atomic E-state index is -4.27. The van der Waals surface area contributed by atoms with Gasteiger partial charge in [-0.1, -0.05) is 18.0 Å². The van der Waals surface area contributed by atoms with E-state index in [-0.39, 0.29) is 29.1 Å². The number of halogens is 4. The number of nitrogens with one attached hydrogen (secondary N) is 3. The Bertz CT molecular complexity index is 1400. The minimum absolute atomic E-state index is 0.0529. The van der Waals surface area contributed by atoms with Gasteiger partial charge in [-0.3, -0.25) is 9.36 Å². The standard InChI is InChI=1S/C27H32F4N6OS/c1-16(2)37-23-18(13-33-25(35-23)34-19-5-7-26(8-6-19)14-32-15-26)11-20(24(37)38)17-3-4-22(21(28)12-17)36-39-10-9-27(29,30)31/h3-4,11-13,16,19,32,36H,5-10,14-15H2,1-2H3,(H,33,34,35). The number of pyridine rings is 1. The first-order valence-electron chi connectivity index (χ1n) is 13.2. The van der Waals surface area contributed by atoms with Crippen LogP contribution in [0.1, 0.15) is 52.0 Å². The molecule has 0 unspecified atom stereocenters. The Morgan fingerprint density at radius 3 is 2.56 bits per heavy atom. The summed E-state index contributed by atoms with van der Waals surface area (Å²) in [6.45, 7) is 5.97. The summed E-state index contributed by atoms with van der Waals surface area (Å²) in [5.74, 6) is -0.420. The predicted octanol–water partition coefficient (Wildman–Crippen LogP) is 6.14. The molecular weight excluding hydrogens is 532 g/mol. The molecule has 0 amide bonds. The number of benzene rings is 1. The number of fused-ring (bicyclic) bond motifs is 1. The summed E-state index contributed by atoms with van der Waals surface area (Å²) in [7, 11) is 0. The van der Waals surface area contributed by atoms with Crippen molar-refractivity contribution in [3.8, 4) is 11.1 Å². The topological polar surface area (TPSA) is 83.9 Å². The Morgan fingerprint density at radius 1 is 1.21 bits per heavy atom. The molecule has 3 aromatic rings. The highest BCUT2D eigenvalue weighted by atomic mass is 32.2. The molecule has 1 aromatic carbocycles. The minimum Gasteiger partial charge on any atom is -0.351 e.